The number of aliphatic hydroxyl groups excluding tert-OH is 1. The van der Waals surface area contributed by atoms with E-state index in [0.29, 0.717) is 24.0 Å². The summed E-state index contributed by atoms with van der Waals surface area (Å²) in [4.78, 5) is 11.8. The van der Waals surface area contributed by atoms with Gasteiger partial charge in [0, 0.05) is 12.3 Å². The van der Waals surface area contributed by atoms with E-state index in [-0.39, 0.29) is 17.9 Å². The summed E-state index contributed by atoms with van der Waals surface area (Å²) in [5.74, 6) is 1.88. The first-order valence-corrected chi connectivity index (χ1v) is 6.14. The van der Waals surface area contributed by atoms with Crippen LogP contribution in [0.2, 0.25) is 0 Å². The fourth-order valence-electron chi connectivity index (χ4n) is 2.54. The molecule has 4 atom stereocenters. The molecule has 1 fully saturated rings. The maximum atomic E-state index is 11.8. The number of hydrogen-bond acceptors (Lipinski definition) is 2. The van der Waals surface area contributed by atoms with Crippen LogP contribution >= 0.6 is 0 Å². The van der Waals surface area contributed by atoms with Crippen LogP contribution in [0.1, 0.15) is 47.0 Å². The van der Waals surface area contributed by atoms with Crippen molar-refractivity contribution in [3.63, 3.8) is 0 Å². The van der Waals surface area contributed by atoms with Crippen LogP contribution in [0.5, 0.6) is 0 Å². The summed E-state index contributed by atoms with van der Waals surface area (Å²) < 4.78 is 0. The molecule has 0 saturated heterocycles. The lowest BCUT2D eigenvalue weighted by Crippen LogP contribution is -2.35. The van der Waals surface area contributed by atoms with Gasteiger partial charge in [-0.25, -0.2) is 0 Å². The number of Topliss-reactive ketones (excluding diaryl/α,β-unsaturated/α-hetero) is 1. The molecule has 0 aromatic rings. The van der Waals surface area contributed by atoms with E-state index in [4.69, 9.17) is 0 Å². The summed E-state index contributed by atoms with van der Waals surface area (Å²) in [6, 6.07) is 0. The molecule has 0 radical (unpaired) electrons. The van der Waals surface area contributed by atoms with E-state index in [9.17, 15) is 9.90 Å². The quantitative estimate of drug-likeness (QED) is 0.781. The van der Waals surface area contributed by atoms with Crippen LogP contribution in [-0.2, 0) is 4.79 Å². The highest BCUT2D eigenvalue weighted by molar-refractivity contribution is 5.82. The van der Waals surface area contributed by atoms with Crippen molar-refractivity contribution < 1.29 is 9.90 Å². The van der Waals surface area contributed by atoms with Gasteiger partial charge >= 0.3 is 0 Å². The molecule has 0 amide bonds. The fourth-order valence-corrected chi connectivity index (χ4v) is 2.54. The van der Waals surface area contributed by atoms with Gasteiger partial charge in [0.2, 0.25) is 0 Å². The SMILES string of the molecule is CC(C)C1CCC(=O)C(C(C)C(C)O)C1. The van der Waals surface area contributed by atoms with Crippen molar-refractivity contribution in [2.45, 2.75) is 53.1 Å². The zero-order valence-corrected chi connectivity index (χ0v) is 10.4. The second kappa shape index (κ2) is 5.11. The minimum Gasteiger partial charge on any atom is -0.393 e. The molecule has 1 aliphatic rings. The Labute approximate surface area is 93.1 Å². The van der Waals surface area contributed by atoms with Gasteiger partial charge in [0.15, 0.2) is 0 Å². The summed E-state index contributed by atoms with van der Waals surface area (Å²) in [5, 5.41) is 9.56. The summed E-state index contributed by atoms with van der Waals surface area (Å²) >= 11 is 0. The van der Waals surface area contributed by atoms with E-state index in [2.05, 4.69) is 13.8 Å². The van der Waals surface area contributed by atoms with Crippen LogP contribution in [0, 0.1) is 23.7 Å². The molecule has 0 heterocycles. The molecule has 88 valence electrons. The van der Waals surface area contributed by atoms with Crippen molar-refractivity contribution >= 4 is 5.78 Å². The number of carbonyl (C=O) groups is 1. The molecule has 2 nitrogen and oxygen atoms in total. The van der Waals surface area contributed by atoms with E-state index in [1.807, 2.05) is 6.92 Å². The minimum atomic E-state index is -0.370. The highest BCUT2D eigenvalue weighted by atomic mass is 16.3. The summed E-state index contributed by atoms with van der Waals surface area (Å²) in [7, 11) is 0. The van der Waals surface area contributed by atoms with Crippen LogP contribution in [0.25, 0.3) is 0 Å². The molecule has 0 aromatic carbocycles. The summed E-state index contributed by atoms with van der Waals surface area (Å²) in [6.07, 6.45) is 2.36. The molecule has 2 heteroatoms. The topological polar surface area (TPSA) is 37.3 Å². The molecule has 0 aromatic heterocycles. The first-order chi connectivity index (χ1) is 6.93. The Morgan fingerprint density at radius 1 is 1.27 bits per heavy atom. The lowest BCUT2D eigenvalue weighted by molar-refractivity contribution is -0.129. The van der Waals surface area contributed by atoms with E-state index in [0.717, 1.165) is 12.8 Å². The molecule has 0 aliphatic heterocycles. The van der Waals surface area contributed by atoms with Crippen molar-refractivity contribution in [3.05, 3.63) is 0 Å². The molecule has 1 saturated carbocycles. The Bertz CT molecular complexity index is 221. The predicted octanol–water partition coefficient (Wildman–Crippen LogP) is 2.64. The smallest absolute Gasteiger partial charge is 0.136 e. The highest BCUT2D eigenvalue weighted by Gasteiger charge is 2.34. The highest BCUT2D eigenvalue weighted by Crippen LogP contribution is 2.36. The maximum absolute atomic E-state index is 11.8. The molecule has 1 aliphatic carbocycles. The van der Waals surface area contributed by atoms with E-state index < -0.39 is 0 Å². The van der Waals surface area contributed by atoms with Crippen molar-refractivity contribution in [2.24, 2.45) is 23.7 Å². The lowest BCUT2D eigenvalue weighted by Gasteiger charge is -2.34. The molecular weight excluding hydrogens is 188 g/mol. The number of hydrogen-bond donors (Lipinski definition) is 1. The summed E-state index contributed by atoms with van der Waals surface area (Å²) in [6.45, 7) is 8.24. The van der Waals surface area contributed by atoms with Gasteiger partial charge in [0.1, 0.15) is 5.78 Å². The van der Waals surface area contributed by atoms with Crippen LogP contribution in [-0.4, -0.2) is 17.0 Å². The number of aliphatic hydroxyl groups is 1. The van der Waals surface area contributed by atoms with E-state index in [1.54, 1.807) is 6.92 Å². The standard InChI is InChI=1S/C13H24O2/c1-8(2)11-5-6-13(15)12(7-11)9(3)10(4)14/h8-12,14H,5-7H2,1-4H3. The van der Waals surface area contributed by atoms with Gasteiger partial charge in [-0.05, 0) is 37.5 Å². The average molecular weight is 212 g/mol. The minimum absolute atomic E-state index is 0.0890. The van der Waals surface area contributed by atoms with Gasteiger partial charge in [-0.15, -0.1) is 0 Å². The normalized spacial score (nSPS) is 31.7. The van der Waals surface area contributed by atoms with Gasteiger partial charge in [-0.1, -0.05) is 20.8 Å². The predicted molar refractivity (Wildman–Crippen MR) is 61.5 cm³/mol. The Morgan fingerprint density at radius 3 is 2.33 bits per heavy atom. The van der Waals surface area contributed by atoms with Crippen molar-refractivity contribution in [2.75, 3.05) is 0 Å². The molecule has 1 N–H and O–H groups in total. The lowest BCUT2D eigenvalue weighted by atomic mass is 9.70. The molecule has 15 heavy (non-hydrogen) atoms. The Morgan fingerprint density at radius 2 is 1.87 bits per heavy atom. The fraction of sp³-hybridized carbons (Fsp3) is 0.923. The second-order valence-corrected chi connectivity index (χ2v) is 5.45. The molecule has 4 unspecified atom stereocenters. The number of rotatable bonds is 3. The third-order valence-corrected chi connectivity index (χ3v) is 4.07. The molecule has 0 bridgehead atoms. The Balaban J connectivity index is 2.65. The first kappa shape index (κ1) is 12.7. The van der Waals surface area contributed by atoms with E-state index in [1.165, 1.54) is 0 Å². The monoisotopic (exact) mass is 212 g/mol. The van der Waals surface area contributed by atoms with Gasteiger partial charge in [0.05, 0.1) is 6.10 Å². The van der Waals surface area contributed by atoms with Gasteiger partial charge in [-0.2, -0.15) is 0 Å². The van der Waals surface area contributed by atoms with Gasteiger partial charge in [0.25, 0.3) is 0 Å². The van der Waals surface area contributed by atoms with Crippen LogP contribution in [0.15, 0.2) is 0 Å². The van der Waals surface area contributed by atoms with Crippen LogP contribution in [0.4, 0.5) is 0 Å². The average Bonchev–Trinajstić information content (AvgIpc) is 2.16. The van der Waals surface area contributed by atoms with Gasteiger partial charge < -0.3 is 5.11 Å². The number of carbonyl (C=O) groups excluding carboxylic acids is 1. The van der Waals surface area contributed by atoms with Crippen molar-refractivity contribution in [1.82, 2.24) is 0 Å². The Hall–Kier alpha value is -0.370. The Kier molecular flexibility index (Phi) is 4.32. The second-order valence-electron chi connectivity index (χ2n) is 5.45. The largest absolute Gasteiger partial charge is 0.393 e. The third kappa shape index (κ3) is 3.04. The van der Waals surface area contributed by atoms with Crippen molar-refractivity contribution in [1.29, 1.82) is 0 Å². The van der Waals surface area contributed by atoms with Crippen LogP contribution < -0.4 is 0 Å². The zero-order chi connectivity index (χ0) is 11.6. The van der Waals surface area contributed by atoms with E-state index >= 15 is 0 Å². The molecule has 0 spiro atoms. The van der Waals surface area contributed by atoms with Crippen molar-refractivity contribution in [3.8, 4) is 0 Å². The first-order valence-electron chi connectivity index (χ1n) is 6.14. The zero-order valence-electron chi connectivity index (χ0n) is 10.4. The molecular formula is C13H24O2. The third-order valence-electron chi connectivity index (χ3n) is 4.07. The maximum Gasteiger partial charge on any atom is 0.136 e. The van der Waals surface area contributed by atoms with Crippen LogP contribution in [0.3, 0.4) is 0 Å². The number of ketones is 1. The summed E-state index contributed by atoms with van der Waals surface area (Å²) in [5.41, 5.74) is 0. The van der Waals surface area contributed by atoms with Gasteiger partial charge in [-0.3, -0.25) is 4.79 Å². The molecule has 1 rings (SSSR count).